The van der Waals surface area contributed by atoms with Gasteiger partial charge in [0, 0.05) is 50.9 Å². The predicted octanol–water partition coefficient (Wildman–Crippen LogP) is 15.1. The standard InChI is InChI=1S/C66H62BN3/c1-63(2)39-47-26-28-52(33-48(47)40-63)69-59-36-50-42-64(3,4)41-49(50)34-56(59)67-55-29-27-46(44-20-11-8-12-21-44)35-58(55)68(51-23-17-22-45(32-51)43-18-9-7-10-19-43)60-37-53(38-61(69)62(60)67)70-57-25-14-13-24-54(57)65(5)30-15-16-31-66(65,70)6/h7-14,17-29,32-38H,15-16,30-31,39-42H2,1-6H3. The summed E-state index contributed by atoms with van der Waals surface area (Å²) in [6, 6.07) is 66.1. The van der Waals surface area contributed by atoms with E-state index in [1.807, 2.05) is 0 Å². The van der Waals surface area contributed by atoms with E-state index in [-0.39, 0.29) is 28.5 Å². The van der Waals surface area contributed by atoms with Crippen LogP contribution in [0.1, 0.15) is 95.0 Å². The number of para-hydroxylation sites is 1. The molecule has 3 aliphatic heterocycles. The number of rotatable bonds is 5. The molecule has 3 heterocycles. The first kappa shape index (κ1) is 42.1. The van der Waals surface area contributed by atoms with Crippen LogP contribution < -0.4 is 31.1 Å². The third-order valence-corrected chi connectivity index (χ3v) is 18.1. The van der Waals surface area contributed by atoms with Crippen molar-refractivity contribution in [1.82, 2.24) is 0 Å². The Kier molecular flexibility index (Phi) is 8.95. The molecule has 8 aromatic rings. The van der Waals surface area contributed by atoms with E-state index in [1.165, 1.54) is 131 Å². The molecule has 14 rings (SSSR count). The van der Waals surface area contributed by atoms with Crippen LogP contribution in [0.3, 0.4) is 0 Å². The van der Waals surface area contributed by atoms with E-state index in [2.05, 4.69) is 226 Å². The van der Waals surface area contributed by atoms with E-state index >= 15 is 0 Å². The third kappa shape index (κ3) is 6.14. The molecule has 0 bridgehead atoms. The van der Waals surface area contributed by atoms with Gasteiger partial charge in [-0.05, 0) is 177 Å². The topological polar surface area (TPSA) is 9.72 Å². The number of fused-ring (bicyclic) bond motifs is 9. The lowest BCUT2D eigenvalue weighted by molar-refractivity contribution is 0.195. The summed E-state index contributed by atoms with van der Waals surface area (Å²) in [5.74, 6) is 0. The molecule has 1 saturated carbocycles. The molecular weight excluding hydrogens is 846 g/mol. The van der Waals surface area contributed by atoms with E-state index < -0.39 is 0 Å². The van der Waals surface area contributed by atoms with Crippen LogP contribution >= 0.6 is 0 Å². The fourth-order valence-corrected chi connectivity index (χ4v) is 14.8. The zero-order valence-corrected chi connectivity index (χ0v) is 41.7. The maximum atomic E-state index is 2.81. The van der Waals surface area contributed by atoms with Crippen molar-refractivity contribution in [2.24, 2.45) is 10.8 Å². The first-order valence-electron chi connectivity index (χ1n) is 26.2. The number of benzene rings is 8. The molecule has 0 N–H and O–H groups in total. The fourth-order valence-electron chi connectivity index (χ4n) is 14.8. The highest BCUT2D eigenvalue weighted by molar-refractivity contribution is 7.00. The van der Waals surface area contributed by atoms with Crippen molar-refractivity contribution in [2.45, 2.75) is 104 Å². The molecule has 70 heavy (non-hydrogen) atoms. The summed E-state index contributed by atoms with van der Waals surface area (Å²) in [6.07, 6.45) is 9.24. The maximum absolute atomic E-state index is 2.81. The average molecular weight is 908 g/mol. The van der Waals surface area contributed by atoms with Crippen LogP contribution in [0.15, 0.2) is 170 Å². The van der Waals surface area contributed by atoms with Crippen molar-refractivity contribution in [3.8, 4) is 22.3 Å². The first-order valence-corrected chi connectivity index (χ1v) is 26.2. The van der Waals surface area contributed by atoms with Gasteiger partial charge in [0.2, 0.25) is 0 Å². The second-order valence-corrected chi connectivity index (χ2v) is 23.9. The van der Waals surface area contributed by atoms with E-state index in [9.17, 15) is 0 Å². The van der Waals surface area contributed by atoms with Crippen LogP contribution in [0.5, 0.6) is 0 Å². The Labute approximate surface area is 415 Å². The van der Waals surface area contributed by atoms with Crippen molar-refractivity contribution in [1.29, 1.82) is 0 Å². The van der Waals surface area contributed by atoms with Crippen molar-refractivity contribution < 1.29 is 0 Å². The van der Waals surface area contributed by atoms with Crippen LogP contribution in [0.4, 0.5) is 45.5 Å². The van der Waals surface area contributed by atoms with Crippen LogP contribution in [-0.4, -0.2) is 12.3 Å². The Balaban J connectivity index is 1.10. The van der Waals surface area contributed by atoms with Crippen LogP contribution in [0.25, 0.3) is 22.3 Å². The molecule has 8 aromatic carbocycles. The summed E-state index contributed by atoms with van der Waals surface area (Å²) < 4.78 is 0. The Morgan fingerprint density at radius 1 is 0.386 bits per heavy atom. The van der Waals surface area contributed by atoms with E-state index in [4.69, 9.17) is 0 Å². The predicted molar refractivity (Wildman–Crippen MR) is 297 cm³/mol. The van der Waals surface area contributed by atoms with Crippen LogP contribution in [-0.2, 0) is 31.1 Å². The Morgan fingerprint density at radius 2 is 0.957 bits per heavy atom. The van der Waals surface area contributed by atoms with Gasteiger partial charge < -0.3 is 14.7 Å². The van der Waals surface area contributed by atoms with Gasteiger partial charge >= 0.3 is 0 Å². The van der Waals surface area contributed by atoms with Crippen molar-refractivity contribution in [2.75, 3.05) is 14.7 Å². The molecule has 3 aliphatic carbocycles. The number of anilines is 8. The summed E-state index contributed by atoms with van der Waals surface area (Å²) in [6.45, 7) is 15.0. The van der Waals surface area contributed by atoms with E-state index in [0.29, 0.717) is 0 Å². The summed E-state index contributed by atoms with van der Waals surface area (Å²) in [7, 11) is 0. The number of hydrogen-bond donors (Lipinski definition) is 0. The smallest absolute Gasteiger partial charge is 0.252 e. The maximum Gasteiger partial charge on any atom is 0.252 e. The largest absolute Gasteiger partial charge is 0.334 e. The Bertz CT molecular complexity index is 3460. The highest BCUT2D eigenvalue weighted by atomic mass is 15.3. The van der Waals surface area contributed by atoms with Gasteiger partial charge in [-0.2, -0.15) is 0 Å². The zero-order valence-electron chi connectivity index (χ0n) is 41.7. The lowest BCUT2D eigenvalue weighted by Crippen LogP contribution is -2.61. The molecule has 2 atom stereocenters. The monoisotopic (exact) mass is 908 g/mol. The number of hydrogen-bond acceptors (Lipinski definition) is 3. The molecule has 1 fully saturated rings. The quantitative estimate of drug-likeness (QED) is 0.159. The zero-order chi connectivity index (χ0) is 47.3. The molecule has 6 aliphatic rings. The van der Waals surface area contributed by atoms with Crippen LogP contribution in [0, 0.1) is 10.8 Å². The average Bonchev–Trinajstić information content (AvgIpc) is 3.93. The molecule has 4 heteroatoms. The van der Waals surface area contributed by atoms with Gasteiger partial charge in [-0.15, -0.1) is 0 Å². The van der Waals surface area contributed by atoms with Crippen molar-refractivity contribution >= 4 is 68.6 Å². The molecule has 0 saturated heterocycles. The molecule has 0 amide bonds. The minimum atomic E-state index is -0.108. The highest BCUT2D eigenvalue weighted by Crippen LogP contribution is 2.62. The summed E-state index contributed by atoms with van der Waals surface area (Å²) in [5.41, 5.74) is 27.2. The minimum Gasteiger partial charge on any atom is -0.334 e. The molecule has 0 spiro atoms. The van der Waals surface area contributed by atoms with Gasteiger partial charge in [-0.25, -0.2) is 0 Å². The van der Waals surface area contributed by atoms with E-state index in [1.54, 1.807) is 0 Å². The van der Waals surface area contributed by atoms with Gasteiger partial charge in [0.05, 0.1) is 5.54 Å². The summed E-state index contributed by atoms with van der Waals surface area (Å²) >= 11 is 0. The van der Waals surface area contributed by atoms with Gasteiger partial charge in [0.1, 0.15) is 0 Å². The SMILES string of the molecule is CC1(C)Cc2ccc(N3c4cc5c(cc4B4c6ccc(-c7ccccc7)cc6N(c6cccc(-c7ccccc7)c6)c6cc(N7c8ccccc8C8(C)CCCCC78C)cc3c64)CC(C)(C)C5)cc2C1. The normalized spacial score (nSPS) is 21.6. The molecule has 0 aromatic heterocycles. The van der Waals surface area contributed by atoms with E-state index in [0.717, 1.165) is 32.1 Å². The van der Waals surface area contributed by atoms with Crippen molar-refractivity contribution in [3.05, 3.63) is 198 Å². The minimum absolute atomic E-state index is 0.0187. The number of nitrogens with zero attached hydrogens (tertiary/aromatic N) is 3. The molecule has 344 valence electrons. The molecule has 2 unspecified atom stereocenters. The van der Waals surface area contributed by atoms with Crippen LogP contribution in [0.2, 0.25) is 0 Å². The lowest BCUT2D eigenvalue weighted by atomic mass is 9.33. The molecular formula is C66H62BN3. The second kappa shape index (κ2) is 14.9. The van der Waals surface area contributed by atoms with Gasteiger partial charge in [0.15, 0.2) is 0 Å². The Hall–Kier alpha value is -6.78. The second-order valence-electron chi connectivity index (χ2n) is 23.9. The van der Waals surface area contributed by atoms with Gasteiger partial charge in [-0.1, -0.05) is 163 Å². The molecule has 0 radical (unpaired) electrons. The van der Waals surface area contributed by atoms with Gasteiger partial charge in [0.25, 0.3) is 6.71 Å². The third-order valence-electron chi connectivity index (χ3n) is 18.1. The lowest BCUT2D eigenvalue weighted by Gasteiger charge is -2.51. The molecule has 3 nitrogen and oxygen atoms in total. The highest BCUT2D eigenvalue weighted by Gasteiger charge is 2.58. The fraction of sp³-hybridized carbons (Fsp3) is 0.273. The van der Waals surface area contributed by atoms with Crippen molar-refractivity contribution in [3.63, 3.8) is 0 Å². The summed E-state index contributed by atoms with van der Waals surface area (Å²) in [5, 5.41) is 0. The van der Waals surface area contributed by atoms with Gasteiger partial charge in [-0.3, -0.25) is 0 Å². The Morgan fingerprint density at radius 3 is 1.67 bits per heavy atom. The summed E-state index contributed by atoms with van der Waals surface area (Å²) in [4.78, 5) is 8.19. The first-order chi connectivity index (χ1) is 33.9.